The van der Waals surface area contributed by atoms with Crippen LogP contribution in [0.5, 0.6) is 11.5 Å². The summed E-state index contributed by atoms with van der Waals surface area (Å²) in [6, 6.07) is 16.8. The smallest absolute Gasteiger partial charge is 0.150 e. The lowest BCUT2D eigenvalue weighted by Crippen LogP contribution is -2.05. The lowest BCUT2D eigenvalue weighted by molar-refractivity contribution is 0.112. The predicted octanol–water partition coefficient (Wildman–Crippen LogP) is 3.35. The predicted molar refractivity (Wildman–Crippen MR) is 73.9 cm³/mol. The first kappa shape index (κ1) is 13.1. The van der Waals surface area contributed by atoms with E-state index in [1.54, 1.807) is 18.2 Å². The van der Waals surface area contributed by atoms with Crippen molar-refractivity contribution in [1.82, 2.24) is 0 Å². The molecule has 0 bridgehead atoms. The van der Waals surface area contributed by atoms with E-state index in [0.29, 0.717) is 24.5 Å². The summed E-state index contributed by atoms with van der Waals surface area (Å²) < 4.78 is 11.1. The van der Waals surface area contributed by atoms with Crippen LogP contribution in [0.4, 0.5) is 0 Å². The maximum atomic E-state index is 10.6. The Balaban J connectivity index is 1.68. The molecule has 19 heavy (non-hydrogen) atoms. The van der Waals surface area contributed by atoms with Crippen LogP contribution in [0.25, 0.3) is 0 Å². The molecule has 0 aromatic heterocycles. The Bertz CT molecular complexity index is 508. The average molecular weight is 256 g/mol. The second-order valence-corrected chi connectivity index (χ2v) is 4.05. The van der Waals surface area contributed by atoms with Gasteiger partial charge in [0, 0.05) is 12.0 Å². The molecule has 0 atom stereocenters. The molecule has 2 aromatic rings. The normalized spacial score (nSPS) is 9.89. The van der Waals surface area contributed by atoms with Crippen LogP contribution >= 0.6 is 0 Å². The fraction of sp³-hybridized carbons (Fsp3) is 0.188. The summed E-state index contributed by atoms with van der Waals surface area (Å²) in [7, 11) is 0. The summed E-state index contributed by atoms with van der Waals surface area (Å²) in [5.41, 5.74) is 0.623. The summed E-state index contributed by atoms with van der Waals surface area (Å²) >= 11 is 0. The number of hydrogen-bond donors (Lipinski definition) is 0. The van der Waals surface area contributed by atoms with Crippen LogP contribution in [0.15, 0.2) is 54.6 Å². The summed E-state index contributed by atoms with van der Waals surface area (Å²) in [5.74, 6) is 1.58. The van der Waals surface area contributed by atoms with Gasteiger partial charge in [-0.1, -0.05) is 30.3 Å². The van der Waals surface area contributed by atoms with Gasteiger partial charge in [-0.25, -0.2) is 0 Å². The maximum Gasteiger partial charge on any atom is 0.150 e. The molecule has 98 valence electrons. The van der Waals surface area contributed by atoms with Crippen LogP contribution in [-0.4, -0.2) is 19.5 Å². The van der Waals surface area contributed by atoms with Crippen molar-refractivity contribution in [3.8, 4) is 11.5 Å². The summed E-state index contributed by atoms with van der Waals surface area (Å²) in [6.45, 7) is 1.17. The van der Waals surface area contributed by atoms with Gasteiger partial charge in [-0.3, -0.25) is 4.79 Å². The molecular weight excluding hydrogens is 240 g/mol. The molecule has 0 aliphatic carbocycles. The van der Waals surface area contributed by atoms with E-state index in [9.17, 15) is 4.79 Å². The molecule has 0 amide bonds. The van der Waals surface area contributed by atoms with Crippen LogP contribution in [0.3, 0.4) is 0 Å². The first-order chi connectivity index (χ1) is 9.38. The minimum atomic E-state index is 0.565. The van der Waals surface area contributed by atoms with Crippen LogP contribution in [0.1, 0.15) is 16.8 Å². The molecule has 2 aromatic carbocycles. The fourth-order valence-electron chi connectivity index (χ4n) is 1.63. The molecule has 0 heterocycles. The van der Waals surface area contributed by atoms with Gasteiger partial charge in [-0.15, -0.1) is 0 Å². The minimum absolute atomic E-state index is 0.565. The third-order valence-electron chi connectivity index (χ3n) is 2.56. The number of para-hydroxylation sites is 1. The molecular formula is C16H16O3. The highest BCUT2D eigenvalue weighted by Crippen LogP contribution is 2.12. The first-order valence-corrected chi connectivity index (χ1v) is 6.24. The molecule has 0 saturated heterocycles. The molecule has 0 fully saturated rings. The standard InChI is InChI=1S/C16H16O3/c17-13-14-6-4-9-16(12-14)19-11-5-10-18-15-7-2-1-3-8-15/h1-4,6-9,12-13H,5,10-11H2. The Morgan fingerprint density at radius 2 is 1.53 bits per heavy atom. The van der Waals surface area contributed by atoms with Gasteiger partial charge in [-0.2, -0.15) is 0 Å². The number of rotatable bonds is 7. The van der Waals surface area contributed by atoms with E-state index < -0.39 is 0 Å². The second kappa shape index (κ2) is 7.21. The number of benzene rings is 2. The lowest BCUT2D eigenvalue weighted by atomic mass is 10.2. The van der Waals surface area contributed by atoms with Crippen molar-refractivity contribution < 1.29 is 14.3 Å². The summed E-state index contributed by atoms with van der Waals surface area (Å²) in [5, 5.41) is 0. The molecule has 0 N–H and O–H groups in total. The highest BCUT2D eigenvalue weighted by molar-refractivity contribution is 5.75. The van der Waals surface area contributed by atoms with E-state index in [0.717, 1.165) is 18.5 Å². The number of ether oxygens (including phenoxy) is 2. The zero-order valence-electron chi connectivity index (χ0n) is 10.6. The highest BCUT2D eigenvalue weighted by Gasteiger charge is 1.96. The third kappa shape index (κ3) is 4.47. The third-order valence-corrected chi connectivity index (χ3v) is 2.56. The van der Waals surface area contributed by atoms with Gasteiger partial charge in [0.05, 0.1) is 13.2 Å². The van der Waals surface area contributed by atoms with E-state index in [4.69, 9.17) is 9.47 Å². The molecule has 3 heteroatoms. The van der Waals surface area contributed by atoms with Gasteiger partial charge in [-0.05, 0) is 24.3 Å². The van der Waals surface area contributed by atoms with Crippen molar-refractivity contribution in [2.24, 2.45) is 0 Å². The molecule has 0 aliphatic rings. The van der Waals surface area contributed by atoms with Crippen molar-refractivity contribution >= 4 is 6.29 Å². The van der Waals surface area contributed by atoms with Crippen molar-refractivity contribution in [1.29, 1.82) is 0 Å². The van der Waals surface area contributed by atoms with E-state index in [-0.39, 0.29) is 0 Å². The van der Waals surface area contributed by atoms with Crippen molar-refractivity contribution in [2.75, 3.05) is 13.2 Å². The van der Waals surface area contributed by atoms with Gasteiger partial charge >= 0.3 is 0 Å². The van der Waals surface area contributed by atoms with Gasteiger partial charge < -0.3 is 9.47 Å². The molecule has 0 spiro atoms. The molecule has 0 radical (unpaired) electrons. The van der Waals surface area contributed by atoms with Crippen LogP contribution < -0.4 is 9.47 Å². The van der Waals surface area contributed by atoms with Gasteiger partial charge in [0.15, 0.2) is 0 Å². The molecule has 3 nitrogen and oxygen atoms in total. The quantitative estimate of drug-likeness (QED) is 0.563. The van der Waals surface area contributed by atoms with Crippen molar-refractivity contribution in [3.63, 3.8) is 0 Å². The zero-order chi connectivity index (χ0) is 13.3. The van der Waals surface area contributed by atoms with Crippen LogP contribution in [0.2, 0.25) is 0 Å². The van der Waals surface area contributed by atoms with E-state index in [2.05, 4.69) is 0 Å². The number of hydrogen-bond acceptors (Lipinski definition) is 3. The van der Waals surface area contributed by atoms with Crippen molar-refractivity contribution in [2.45, 2.75) is 6.42 Å². The summed E-state index contributed by atoms with van der Waals surface area (Å²) in [4.78, 5) is 10.6. The summed E-state index contributed by atoms with van der Waals surface area (Å²) in [6.07, 6.45) is 1.60. The average Bonchev–Trinajstić information content (AvgIpc) is 2.48. The van der Waals surface area contributed by atoms with E-state index in [1.807, 2.05) is 36.4 Å². The van der Waals surface area contributed by atoms with Crippen LogP contribution in [0, 0.1) is 0 Å². The monoisotopic (exact) mass is 256 g/mol. The number of aldehydes is 1. The van der Waals surface area contributed by atoms with Gasteiger partial charge in [0.25, 0.3) is 0 Å². The van der Waals surface area contributed by atoms with Gasteiger partial charge in [0.1, 0.15) is 17.8 Å². The molecule has 2 rings (SSSR count). The number of carbonyl (C=O) groups is 1. The Labute approximate surface area is 112 Å². The zero-order valence-corrected chi connectivity index (χ0v) is 10.6. The second-order valence-electron chi connectivity index (χ2n) is 4.05. The molecule has 0 aliphatic heterocycles. The Morgan fingerprint density at radius 1 is 0.842 bits per heavy atom. The first-order valence-electron chi connectivity index (χ1n) is 6.24. The topological polar surface area (TPSA) is 35.5 Å². The largest absolute Gasteiger partial charge is 0.493 e. The lowest BCUT2D eigenvalue weighted by Gasteiger charge is -2.08. The molecule has 0 saturated carbocycles. The SMILES string of the molecule is O=Cc1cccc(OCCCOc2ccccc2)c1. The maximum absolute atomic E-state index is 10.6. The molecule has 0 unspecified atom stereocenters. The highest BCUT2D eigenvalue weighted by atomic mass is 16.5. The fourth-order valence-corrected chi connectivity index (χ4v) is 1.63. The van der Waals surface area contributed by atoms with E-state index in [1.165, 1.54) is 0 Å². The Kier molecular flexibility index (Phi) is 4.99. The van der Waals surface area contributed by atoms with Gasteiger partial charge in [0.2, 0.25) is 0 Å². The van der Waals surface area contributed by atoms with Crippen LogP contribution in [-0.2, 0) is 0 Å². The Hall–Kier alpha value is -2.29. The Morgan fingerprint density at radius 3 is 2.26 bits per heavy atom. The number of carbonyl (C=O) groups excluding carboxylic acids is 1. The van der Waals surface area contributed by atoms with Crippen molar-refractivity contribution in [3.05, 3.63) is 60.2 Å². The van der Waals surface area contributed by atoms with E-state index >= 15 is 0 Å². The minimum Gasteiger partial charge on any atom is -0.493 e.